The highest BCUT2D eigenvalue weighted by Gasteiger charge is 2.33. The Morgan fingerprint density at radius 3 is 2.62 bits per heavy atom. The Hall–Kier alpha value is -3.16. The number of aryl methyl sites for hydroxylation is 1. The van der Waals surface area contributed by atoms with Crippen LogP contribution in [0.2, 0.25) is 0 Å². The fraction of sp³-hybridized carbons (Fsp3) is 0.240. The van der Waals surface area contributed by atoms with Crippen LogP contribution in [-0.4, -0.2) is 45.8 Å². The lowest BCUT2D eigenvalue weighted by molar-refractivity contribution is -0.122. The number of thioether (sulfide) groups is 1. The minimum Gasteiger partial charge on any atom is -0.385 e. The topological polar surface area (TPSA) is 59.7 Å². The van der Waals surface area contributed by atoms with Crippen molar-refractivity contribution in [3.8, 4) is 5.82 Å². The molecule has 0 atom stereocenters. The molecule has 1 amide bonds. The second-order valence-corrected chi connectivity index (χ2v) is 8.50. The number of aliphatic imine (C=N–C) groups is 1. The second-order valence-electron chi connectivity index (χ2n) is 7.49. The fourth-order valence-electron chi connectivity index (χ4n) is 3.68. The minimum absolute atomic E-state index is 0.0246. The van der Waals surface area contributed by atoms with Crippen LogP contribution >= 0.6 is 11.8 Å². The van der Waals surface area contributed by atoms with Crippen molar-refractivity contribution in [2.24, 2.45) is 4.99 Å². The molecule has 1 aliphatic rings. The number of para-hydroxylation sites is 1. The van der Waals surface area contributed by atoms with Crippen LogP contribution in [0.25, 0.3) is 11.9 Å². The summed E-state index contributed by atoms with van der Waals surface area (Å²) in [5.41, 5.74) is 3.94. The van der Waals surface area contributed by atoms with Crippen molar-refractivity contribution < 1.29 is 9.53 Å². The number of methoxy groups -OCH3 is 1. The van der Waals surface area contributed by atoms with E-state index in [1.165, 1.54) is 11.8 Å². The summed E-state index contributed by atoms with van der Waals surface area (Å²) in [4.78, 5) is 24.9. The minimum atomic E-state index is -0.0246. The van der Waals surface area contributed by atoms with E-state index in [2.05, 4.69) is 15.6 Å². The predicted molar refractivity (Wildman–Crippen MR) is 130 cm³/mol. The first-order valence-corrected chi connectivity index (χ1v) is 11.3. The van der Waals surface area contributed by atoms with Gasteiger partial charge in [0.1, 0.15) is 5.82 Å². The third-order valence-electron chi connectivity index (χ3n) is 5.23. The van der Waals surface area contributed by atoms with E-state index in [4.69, 9.17) is 9.73 Å². The summed E-state index contributed by atoms with van der Waals surface area (Å²) >= 11 is 1.42. The van der Waals surface area contributed by atoms with E-state index in [9.17, 15) is 4.79 Å². The molecule has 164 valence electrons. The van der Waals surface area contributed by atoms with Gasteiger partial charge in [0.2, 0.25) is 0 Å². The van der Waals surface area contributed by atoms with Crippen LogP contribution in [0.15, 0.2) is 70.7 Å². The number of aromatic nitrogens is 2. The highest BCUT2D eigenvalue weighted by atomic mass is 32.2. The molecule has 1 aliphatic heterocycles. The van der Waals surface area contributed by atoms with Gasteiger partial charge in [-0.15, -0.1) is 0 Å². The van der Waals surface area contributed by atoms with Gasteiger partial charge in [-0.2, -0.15) is 0 Å². The van der Waals surface area contributed by atoms with Crippen molar-refractivity contribution in [2.75, 3.05) is 20.3 Å². The van der Waals surface area contributed by atoms with Crippen LogP contribution in [0.5, 0.6) is 0 Å². The summed E-state index contributed by atoms with van der Waals surface area (Å²) in [5, 5.41) is 0.696. The lowest BCUT2D eigenvalue weighted by Gasteiger charge is -2.15. The van der Waals surface area contributed by atoms with Crippen LogP contribution in [0.1, 0.15) is 23.4 Å². The van der Waals surface area contributed by atoms with Crippen molar-refractivity contribution in [3.63, 3.8) is 0 Å². The van der Waals surface area contributed by atoms with E-state index in [1.807, 2.05) is 68.5 Å². The average Bonchev–Trinajstić information content (AvgIpc) is 3.25. The van der Waals surface area contributed by atoms with Crippen LogP contribution in [0, 0.1) is 13.8 Å². The van der Waals surface area contributed by atoms with Crippen molar-refractivity contribution in [1.82, 2.24) is 14.5 Å². The Kier molecular flexibility index (Phi) is 6.87. The first kappa shape index (κ1) is 22.0. The zero-order valence-corrected chi connectivity index (χ0v) is 19.3. The van der Waals surface area contributed by atoms with Gasteiger partial charge in [0.15, 0.2) is 5.17 Å². The lowest BCUT2D eigenvalue weighted by atomic mass is 10.2. The number of hydrogen-bond acceptors (Lipinski definition) is 5. The van der Waals surface area contributed by atoms with Crippen LogP contribution in [-0.2, 0) is 9.53 Å². The first-order valence-electron chi connectivity index (χ1n) is 10.5. The molecule has 7 heteroatoms. The van der Waals surface area contributed by atoms with Crippen LogP contribution < -0.4 is 0 Å². The maximum absolute atomic E-state index is 13.3. The van der Waals surface area contributed by atoms with E-state index in [0.717, 1.165) is 34.9 Å². The van der Waals surface area contributed by atoms with Crippen molar-refractivity contribution in [1.29, 1.82) is 0 Å². The summed E-state index contributed by atoms with van der Waals surface area (Å²) in [5.74, 6) is 0.841. The summed E-state index contributed by atoms with van der Waals surface area (Å²) in [6, 6.07) is 17.7. The predicted octanol–water partition coefficient (Wildman–Crippen LogP) is 5.13. The molecule has 0 aliphatic carbocycles. The molecule has 6 nitrogen and oxygen atoms in total. The number of hydrogen-bond donors (Lipinski definition) is 0. The largest absolute Gasteiger partial charge is 0.385 e. The van der Waals surface area contributed by atoms with Crippen molar-refractivity contribution >= 4 is 34.6 Å². The third kappa shape index (κ3) is 4.69. The van der Waals surface area contributed by atoms with E-state index in [-0.39, 0.29) is 5.91 Å². The summed E-state index contributed by atoms with van der Waals surface area (Å²) in [7, 11) is 1.67. The Morgan fingerprint density at radius 1 is 1.12 bits per heavy atom. The molecule has 0 unspecified atom stereocenters. The third-order valence-corrected chi connectivity index (χ3v) is 6.24. The van der Waals surface area contributed by atoms with Gasteiger partial charge in [0.25, 0.3) is 5.91 Å². The van der Waals surface area contributed by atoms with Gasteiger partial charge in [-0.25, -0.2) is 9.98 Å². The van der Waals surface area contributed by atoms with Crippen LogP contribution in [0.4, 0.5) is 5.69 Å². The number of carbonyl (C=O) groups excluding carboxylic acids is 1. The molecular weight excluding hydrogens is 420 g/mol. The molecule has 1 saturated heterocycles. The number of amides is 1. The maximum atomic E-state index is 13.3. The molecule has 0 radical (unpaired) electrons. The van der Waals surface area contributed by atoms with Gasteiger partial charge in [0, 0.05) is 37.8 Å². The summed E-state index contributed by atoms with van der Waals surface area (Å²) in [6.45, 7) is 5.26. The Bertz CT molecular complexity index is 1150. The molecule has 0 N–H and O–H groups in total. The number of ether oxygens (including phenoxy) is 1. The van der Waals surface area contributed by atoms with Gasteiger partial charge in [-0.1, -0.05) is 24.3 Å². The molecule has 3 heterocycles. The Balaban J connectivity index is 1.68. The molecule has 0 saturated carbocycles. The standard InChI is InChI=1S/C25H26N4O2S/c1-18-16-20(19(2)29(18)23-12-7-8-13-26-23)17-22-24(30)28(14-9-15-31-3)25(32-22)27-21-10-5-4-6-11-21/h4-8,10-13,16-17H,9,14-15H2,1-3H3/b22-17-,27-25?. The monoisotopic (exact) mass is 446 g/mol. The number of carbonyl (C=O) groups is 1. The number of pyridine rings is 1. The molecular formula is C25H26N4O2S. The highest BCUT2D eigenvalue weighted by Crippen LogP contribution is 2.35. The SMILES string of the molecule is COCCCN1C(=O)/C(=C/c2cc(C)n(-c3ccccn3)c2C)SC1=Nc1ccccc1. The fourth-order valence-corrected chi connectivity index (χ4v) is 4.70. The first-order chi connectivity index (χ1) is 15.6. The Morgan fingerprint density at radius 2 is 1.91 bits per heavy atom. The molecule has 0 bridgehead atoms. The molecule has 2 aromatic heterocycles. The zero-order chi connectivity index (χ0) is 22.5. The van der Waals surface area contributed by atoms with Gasteiger partial charge in [-0.05, 0) is 74.0 Å². The smallest absolute Gasteiger partial charge is 0.266 e. The maximum Gasteiger partial charge on any atom is 0.266 e. The van der Waals surface area contributed by atoms with Gasteiger partial charge in [-0.3, -0.25) is 9.69 Å². The van der Waals surface area contributed by atoms with E-state index in [0.29, 0.717) is 23.2 Å². The molecule has 4 rings (SSSR count). The van der Waals surface area contributed by atoms with E-state index in [1.54, 1.807) is 18.2 Å². The summed E-state index contributed by atoms with van der Waals surface area (Å²) < 4.78 is 7.28. The van der Waals surface area contributed by atoms with Crippen molar-refractivity contribution in [2.45, 2.75) is 20.3 Å². The number of rotatable bonds is 7. The van der Waals surface area contributed by atoms with Crippen LogP contribution in [0.3, 0.4) is 0 Å². The van der Waals surface area contributed by atoms with E-state index >= 15 is 0 Å². The van der Waals surface area contributed by atoms with Crippen molar-refractivity contribution in [3.05, 3.63) is 82.7 Å². The molecule has 0 spiro atoms. The lowest BCUT2D eigenvalue weighted by Crippen LogP contribution is -2.30. The number of amidine groups is 1. The molecule has 1 fully saturated rings. The molecule has 32 heavy (non-hydrogen) atoms. The number of benzene rings is 1. The molecule has 1 aromatic carbocycles. The molecule has 3 aromatic rings. The second kappa shape index (κ2) is 9.97. The van der Waals surface area contributed by atoms with E-state index < -0.39 is 0 Å². The van der Waals surface area contributed by atoms with Gasteiger partial charge < -0.3 is 9.30 Å². The Labute approximate surface area is 192 Å². The quantitative estimate of drug-likeness (QED) is 0.373. The van der Waals surface area contributed by atoms with Gasteiger partial charge in [0.05, 0.1) is 10.6 Å². The average molecular weight is 447 g/mol. The van der Waals surface area contributed by atoms with Gasteiger partial charge >= 0.3 is 0 Å². The summed E-state index contributed by atoms with van der Waals surface area (Å²) in [6.07, 6.45) is 4.50. The number of nitrogens with zero attached hydrogens (tertiary/aromatic N) is 4. The zero-order valence-electron chi connectivity index (χ0n) is 18.5. The normalized spacial score (nSPS) is 16.5. The highest BCUT2D eigenvalue weighted by molar-refractivity contribution is 8.18.